The first kappa shape index (κ1) is 13.9. The Morgan fingerprint density at radius 3 is 1.58 bits per heavy atom. The minimum atomic E-state index is -9.55. The van der Waals surface area contributed by atoms with E-state index in [0.29, 0.717) is 24.1 Å². The van der Waals surface area contributed by atoms with Gasteiger partial charge in [-0.15, -0.1) is 0 Å². The lowest BCUT2D eigenvalue weighted by atomic mass is 10.1. The molecule has 0 saturated carbocycles. The van der Waals surface area contributed by atoms with Gasteiger partial charge in [-0.05, 0) is 29.7 Å². The highest BCUT2D eigenvalue weighted by molar-refractivity contribution is 8.45. The number of benzene rings is 2. The Morgan fingerprint density at radius 1 is 0.632 bits per heavy atom. The fourth-order valence-electron chi connectivity index (χ4n) is 1.70. The van der Waals surface area contributed by atoms with Crippen LogP contribution < -0.4 is 0 Å². The molecule has 19 heavy (non-hydrogen) atoms. The molecule has 0 aliphatic rings. The summed E-state index contributed by atoms with van der Waals surface area (Å²) in [6.45, 7) is 0. The van der Waals surface area contributed by atoms with Gasteiger partial charge in [0.25, 0.3) is 0 Å². The van der Waals surface area contributed by atoms with Crippen LogP contribution in [0.5, 0.6) is 0 Å². The predicted octanol–water partition coefficient (Wildman–Crippen LogP) is 5.93. The molecule has 0 aliphatic heterocycles. The van der Waals surface area contributed by atoms with E-state index in [-0.39, 0.29) is 0 Å². The Hall–Kier alpha value is -1.56. The molecule has 0 aliphatic carbocycles. The molecule has 0 amide bonds. The van der Waals surface area contributed by atoms with Gasteiger partial charge in [0.05, 0.1) is 0 Å². The fourth-order valence-corrected chi connectivity index (χ4v) is 2.35. The van der Waals surface area contributed by atoms with Gasteiger partial charge >= 0.3 is 10.2 Å². The van der Waals surface area contributed by atoms with E-state index in [4.69, 9.17) is 0 Å². The monoisotopic (exact) mass is 294 g/mol. The fraction of sp³-hybridized carbons (Fsp3) is 0.0769. The van der Waals surface area contributed by atoms with Crippen LogP contribution in [0.1, 0.15) is 11.1 Å². The third-order valence-corrected chi connectivity index (χ3v) is 3.78. The summed E-state index contributed by atoms with van der Waals surface area (Å²) < 4.78 is 62.5. The van der Waals surface area contributed by atoms with Gasteiger partial charge in [-0.2, -0.15) is 0 Å². The summed E-state index contributed by atoms with van der Waals surface area (Å²) in [4.78, 5) is -1.85. The Bertz CT molecular complexity index is 572. The van der Waals surface area contributed by atoms with Crippen LogP contribution in [0.2, 0.25) is 0 Å². The summed E-state index contributed by atoms with van der Waals surface area (Å²) in [5.74, 6) is 0. The van der Waals surface area contributed by atoms with Gasteiger partial charge in [-0.3, -0.25) is 0 Å². The highest BCUT2D eigenvalue weighted by Crippen LogP contribution is 3.02. The smallest absolute Gasteiger partial charge is 0.0936 e. The molecule has 2 aromatic carbocycles. The van der Waals surface area contributed by atoms with E-state index in [1.54, 1.807) is 12.1 Å². The normalized spacial score (nSPS) is 15.6. The number of hydrogen-bond donors (Lipinski definition) is 0. The number of rotatable bonds is 3. The van der Waals surface area contributed by atoms with Crippen molar-refractivity contribution < 1.29 is 19.4 Å². The maximum atomic E-state index is 12.5. The molecule has 0 radical (unpaired) electrons. The van der Waals surface area contributed by atoms with Crippen molar-refractivity contribution in [2.45, 2.75) is 11.3 Å². The van der Waals surface area contributed by atoms with E-state index >= 15 is 0 Å². The quantitative estimate of drug-likeness (QED) is 0.615. The molecule has 0 N–H and O–H groups in total. The summed E-state index contributed by atoms with van der Waals surface area (Å²) in [7, 11) is -9.55. The van der Waals surface area contributed by atoms with Crippen molar-refractivity contribution in [3.63, 3.8) is 0 Å². The summed E-state index contributed by atoms with van der Waals surface area (Å²) in [5.41, 5.74) is 1.46. The second kappa shape index (κ2) is 3.72. The van der Waals surface area contributed by atoms with Gasteiger partial charge in [0, 0.05) is 0 Å². The Balaban J connectivity index is 2.26. The molecule has 104 valence electrons. The molecule has 0 heterocycles. The van der Waals surface area contributed by atoms with Gasteiger partial charge in [-0.1, -0.05) is 61.9 Å². The standard InChI is InChI=1S/C13H11F5S/c14-19(15,16,17,18)13-8-6-12(7-9-13)10-11-4-2-1-3-5-11/h1-9H,10H2. The highest BCUT2D eigenvalue weighted by Gasteiger charge is 2.65. The van der Waals surface area contributed by atoms with Crippen LogP contribution in [-0.4, -0.2) is 0 Å². The minimum Gasteiger partial charge on any atom is -0.0936 e. The molecule has 0 atom stereocenters. The Labute approximate surface area is 107 Å². The molecule has 2 aromatic rings. The highest BCUT2D eigenvalue weighted by atomic mass is 32.5. The lowest BCUT2D eigenvalue weighted by Crippen LogP contribution is -2.05. The zero-order valence-corrected chi connectivity index (χ0v) is 10.5. The molecule has 0 nitrogen and oxygen atoms in total. The summed E-state index contributed by atoms with van der Waals surface area (Å²) in [6, 6.07) is 12.1. The first-order valence-electron chi connectivity index (χ1n) is 5.41. The molecule has 0 spiro atoms. The number of halogens is 5. The van der Waals surface area contributed by atoms with Crippen molar-refractivity contribution in [2.24, 2.45) is 0 Å². The van der Waals surface area contributed by atoms with E-state index in [1.807, 2.05) is 18.2 Å². The lowest BCUT2D eigenvalue weighted by Gasteiger charge is -2.40. The van der Waals surface area contributed by atoms with Crippen molar-refractivity contribution in [1.82, 2.24) is 0 Å². The van der Waals surface area contributed by atoms with E-state index < -0.39 is 15.1 Å². The third kappa shape index (κ3) is 3.70. The van der Waals surface area contributed by atoms with Gasteiger partial charge in [0.15, 0.2) is 0 Å². The zero-order valence-electron chi connectivity index (χ0n) is 9.70. The average molecular weight is 294 g/mol. The van der Waals surface area contributed by atoms with Crippen molar-refractivity contribution in [3.8, 4) is 0 Å². The summed E-state index contributed by atoms with van der Waals surface area (Å²) >= 11 is 0. The first-order valence-corrected chi connectivity index (χ1v) is 7.37. The molecule has 2 rings (SSSR count). The molecule has 0 unspecified atom stereocenters. The van der Waals surface area contributed by atoms with E-state index in [1.165, 1.54) is 0 Å². The van der Waals surface area contributed by atoms with Gasteiger partial charge < -0.3 is 0 Å². The van der Waals surface area contributed by atoms with Crippen LogP contribution in [-0.2, 0) is 6.42 Å². The average Bonchev–Trinajstić information content (AvgIpc) is 2.28. The van der Waals surface area contributed by atoms with E-state index in [2.05, 4.69) is 0 Å². The molecule has 0 fully saturated rings. The van der Waals surface area contributed by atoms with Crippen molar-refractivity contribution in [1.29, 1.82) is 0 Å². The predicted molar refractivity (Wildman–Crippen MR) is 67.1 cm³/mol. The third-order valence-electron chi connectivity index (χ3n) is 2.62. The van der Waals surface area contributed by atoms with Gasteiger partial charge in [0.1, 0.15) is 4.90 Å². The van der Waals surface area contributed by atoms with Crippen LogP contribution in [0.15, 0.2) is 59.5 Å². The maximum absolute atomic E-state index is 12.5. The van der Waals surface area contributed by atoms with E-state index in [9.17, 15) is 19.4 Å². The molecule has 0 saturated heterocycles. The molecule has 6 heteroatoms. The van der Waals surface area contributed by atoms with E-state index in [0.717, 1.165) is 17.7 Å². The van der Waals surface area contributed by atoms with Crippen LogP contribution in [0.4, 0.5) is 19.4 Å². The van der Waals surface area contributed by atoms with Gasteiger partial charge in [-0.25, -0.2) is 0 Å². The second-order valence-electron chi connectivity index (χ2n) is 4.28. The Kier molecular flexibility index (Phi) is 2.72. The van der Waals surface area contributed by atoms with Gasteiger partial charge in [0.2, 0.25) is 0 Å². The lowest BCUT2D eigenvalue weighted by molar-refractivity contribution is 0.364. The SMILES string of the molecule is FS(F)(F)(F)(F)c1ccc(Cc2ccccc2)cc1. The maximum Gasteiger partial charge on any atom is 0.310 e. The first-order chi connectivity index (χ1) is 8.54. The van der Waals surface area contributed by atoms with Crippen LogP contribution >= 0.6 is 10.2 Å². The second-order valence-corrected chi connectivity index (χ2v) is 6.68. The van der Waals surface area contributed by atoms with Crippen molar-refractivity contribution in [3.05, 3.63) is 65.7 Å². The largest absolute Gasteiger partial charge is 0.310 e. The van der Waals surface area contributed by atoms with Crippen molar-refractivity contribution in [2.75, 3.05) is 0 Å². The minimum absolute atomic E-state index is 0.404. The van der Waals surface area contributed by atoms with Crippen LogP contribution in [0.3, 0.4) is 0 Å². The topological polar surface area (TPSA) is 0 Å². The number of hydrogen-bond acceptors (Lipinski definition) is 0. The van der Waals surface area contributed by atoms with Crippen LogP contribution in [0.25, 0.3) is 0 Å². The van der Waals surface area contributed by atoms with Crippen molar-refractivity contribution >= 4 is 10.2 Å². The molecule has 0 aromatic heterocycles. The Morgan fingerprint density at radius 2 is 1.11 bits per heavy atom. The van der Waals surface area contributed by atoms with Crippen LogP contribution in [0, 0.1) is 0 Å². The molecule has 0 bridgehead atoms. The summed E-state index contributed by atoms with van der Waals surface area (Å²) in [6.07, 6.45) is 0.404. The molecular formula is C13H11F5S. The summed E-state index contributed by atoms with van der Waals surface area (Å²) in [5, 5.41) is 0. The molecular weight excluding hydrogens is 283 g/mol. The zero-order chi connectivity index (χ0) is 14.2.